The molecule has 0 radical (unpaired) electrons. The molecule has 0 aliphatic carbocycles. The number of nitrogens with one attached hydrogen (secondary N) is 2. The van der Waals surface area contributed by atoms with Crippen LogP contribution in [0.2, 0.25) is 5.15 Å². The minimum absolute atomic E-state index is 0.0376. The molecule has 0 saturated carbocycles. The number of hydrogen-bond donors (Lipinski definition) is 2. The standard InChI is InChI=1S/C22H24ClN3O5S2/c1-6-32-22-12(3)19(27)15-10-11(2)9-14(20(15)31-22)13(4)24-16-7-8-17(23)25-18(16)21(28)26-33(5,29)30/h7-10,13,24H,6H2,1-5H3,(H,26,28)/t13-/m1/s1. The average molecular weight is 510 g/mol. The maximum Gasteiger partial charge on any atom is 0.285 e. The third-order valence-corrected chi connectivity index (χ3v) is 6.52. The van der Waals surface area contributed by atoms with Gasteiger partial charge in [0.25, 0.3) is 5.91 Å². The smallest absolute Gasteiger partial charge is 0.285 e. The summed E-state index contributed by atoms with van der Waals surface area (Å²) in [6, 6.07) is 6.30. The molecule has 0 bridgehead atoms. The summed E-state index contributed by atoms with van der Waals surface area (Å²) in [6.45, 7) is 7.45. The molecule has 176 valence electrons. The summed E-state index contributed by atoms with van der Waals surface area (Å²) < 4.78 is 31.1. The van der Waals surface area contributed by atoms with Gasteiger partial charge >= 0.3 is 0 Å². The van der Waals surface area contributed by atoms with Crippen molar-refractivity contribution in [2.45, 2.75) is 38.8 Å². The van der Waals surface area contributed by atoms with Crippen LogP contribution >= 0.6 is 23.4 Å². The van der Waals surface area contributed by atoms with Crippen molar-refractivity contribution in [3.05, 3.63) is 62.0 Å². The third-order valence-electron chi connectivity index (χ3n) is 4.82. The monoisotopic (exact) mass is 509 g/mol. The molecule has 0 spiro atoms. The second-order valence-electron chi connectivity index (χ2n) is 7.61. The molecule has 2 aromatic heterocycles. The molecule has 0 aliphatic heterocycles. The highest BCUT2D eigenvalue weighted by molar-refractivity contribution is 7.99. The number of halogens is 1. The lowest BCUT2D eigenvalue weighted by atomic mass is 10.0. The van der Waals surface area contributed by atoms with E-state index in [4.69, 9.17) is 16.0 Å². The van der Waals surface area contributed by atoms with E-state index in [1.807, 2.05) is 31.6 Å². The van der Waals surface area contributed by atoms with Gasteiger partial charge in [0, 0.05) is 11.1 Å². The zero-order valence-electron chi connectivity index (χ0n) is 18.8. The second-order valence-corrected chi connectivity index (χ2v) is 11.0. The van der Waals surface area contributed by atoms with Gasteiger partial charge in [-0.2, -0.15) is 0 Å². The highest BCUT2D eigenvalue weighted by Gasteiger charge is 2.22. The first-order valence-corrected chi connectivity index (χ1v) is 13.3. The van der Waals surface area contributed by atoms with E-state index in [0.29, 0.717) is 27.2 Å². The normalized spacial score (nSPS) is 12.5. The van der Waals surface area contributed by atoms with Gasteiger partial charge in [-0.25, -0.2) is 18.1 Å². The fourth-order valence-electron chi connectivity index (χ4n) is 3.39. The number of aryl methyl sites for hydroxylation is 1. The van der Waals surface area contributed by atoms with Gasteiger partial charge in [0.1, 0.15) is 10.7 Å². The molecule has 3 aromatic rings. The number of fused-ring (bicyclic) bond motifs is 1. The predicted molar refractivity (Wildman–Crippen MR) is 132 cm³/mol. The van der Waals surface area contributed by atoms with Gasteiger partial charge in [-0.3, -0.25) is 9.59 Å². The maximum absolute atomic E-state index is 13.0. The van der Waals surface area contributed by atoms with Crippen LogP contribution in [0, 0.1) is 13.8 Å². The van der Waals surface area contributed by atoms with E-state index in [0.717, 1.165) is 17.6 Å². The number of carbonyl (C=O) groups is 1. The van der Waals surface area contributed by atoms with E-state index in [-0.39, 0.29) is 22.0 Å². The molecule has 0 aliphatic rings. The molecule has 2 N–H and O–H groups in total. The number of amides is 1. The van der Waals surface area contributed by atoms with Crippen molar-refractivity contribution in [2.75, 3.05) is 17.3 Å². The minimum Gasteiger partial charge on any atom is -0.449 e. The molecule has 0 unspecified atom stereocenters. The largest absolute Gasteiger partial charge is 0.449 e. The number of sulfonamides is 1. The van der Waals surface area contributed by atoms with E-state index < -0.39 is 22.0 Å². The van der Waals surface area contributed by atoms with Crippen LogP contribution in [-0.4, -0.2) is 31.3 Å². The number of rotatable bonds is 7. The Kier molecular flexibility index (Phi) is 7.40. The summed E-state index contributed by atoms with van der Waals surface area (Å²) in [5.74, 6) is -0.160. The number of nitrogens with zero attached hydrogens (tertiary/aromatic N) is 1. The van der Waals surface area contributed by atoms with Gasteiger partial charge in [-0.1, -0.05) is 36.4 Å². The summed E-state index contributed by atoms with van der Waals surface area (Å²) in [5, 5.41) is 4.25. The quantitative estimate of drug-likeness (QED) is 0.354. The highest BCUT2D eigenvalue weighted by atomic mass is 35.5. The number of aromatic nitrogens is 1. The third kappa shape index (κ3) is 5.69. The van der Waals surface area contributed by atoms with Crippen molar-refractivity contribution in [2.24, 2.45) is 0 Å². The number of anilines is 1. The van der Waals surface area contributed by atoms with Gasteiger partial charge in [0.15, 0.2) is 16.2 Å². The zero-order chi connectivity index (χ0) is 24.5. The molecular weight excluding hydrogens is 486 g/mol. The van der Waals surface area contributed by atoms with E-state index in [1.54, 1.807) is 19.1 Å². The number of pyridine rings is 1. The van der Waals surface area contributed by atoms with Crippen molar-refractivity contribution in [1.82, 2.24) is 9.71 Å². The van der Waals surface area contributed by atoms with Crippen molar-refractivity contribution in [3.8, 4) is 0 Å². The van der Waals surface area contributed by atoms with Crippen LogP contribution in [0.15, 0.2) is 38.6 Å². The van der Waals surface area contributed by atoms with E-state index in [1.165, 1.54) is 17.8 Å². The Morgan fingerprint density at radius 3 is 2.61 bits per heavy atom. The molecule has 1 aromatic carbocycles. The number of thioether (sulfide) groups is 1. The highest BCUT2D eigenvalue weighted by Crippen LogP contribution is 2.32. The van der Waals surface area contributed by atoms with Gasteiger partial charge in [-0.05, 0) is 50.3 Å². The molecule has 8 nitrogen and oxygen atoms in total. The summed E-state index contributed by atoms with van der Waals surface area (Å²) in [5.41, 5.74) is 2.62. The van der Waals surface area contributed by atoms with Crippen molar-refractivity contribution in [1.29, 1.82) is 0 Å². The van der Waals surface area contributed by atoms with Crippen molar-refractivity contribution >= 4 is 55.9 Å². The minimum atomic E-state index is -3.80. The summed E-state index contributed by atoms with van der Waals surface area (Å²) in [4.78, 5) is 29.5. The SMILES string of the molecule is CCSc1oc2c([C@@H](C)Nc3ccc(Cl)nc3C(=O)NS(C)(=O)=O)cc(C)cc2c(=O)c1C. The first kappa shape index (κ1) is 25.1. The van der Waals surface area contributed by atoms with Crippen LogP contribution in [0.5, 0.6) is 0 Å². The summed E-state index contributed by atoms with van der Waals surface area (Å²) in [7, 11) is -3.80. The lowest BCUT2D eigenvalue weighted by molar-refractivity contribution is 0.0977. The molecular formula is C22H24ClN3O5S2. The molecule has 3 rings (SSSR count). The first-order valence-electron chi connectivity index (χ1n) is 10.1. The Bertz CT molecular complexity index is 1400. The van der Waals surface area contributed by atoms with Crippen LogP contribution in [0.3, 0.4) is 0 Å². The lowest BCUT2D eigenvalue weighted by Gasteiger charge is -2.20. The Labute approximate surface area is 201 Å². The fourth-order valence-corrected chi connectivity index (χ4v) is 4.69. The van der Waals surface area contributed by atoms with E-state index in [9.17, 15) is 18.0 Å². The van der Waals surface area contributed by atoms with Crippen LogP contribution < -0.4 is 15.5 Å². The van der Waals surface area contributed by atoms with Crippen LogP contribution in [0.25, 0.3) is 11.0 Å². The number of benzene rings is 1. The molecule has 0 fully saturated rings. The summed E-state index contributed by atoms with van der Waals surface area (Å²) in [6.07, 6.45) is 0.875. The van der Waals surface area contributed by atoms with E-state index >= 15 is 0 Å². The topological polar surface area (TPSA) is 118 Å². The first-order chi connectivity index (χ1) is 15.4. The van der Waals surface area contributed by atoms with Crippen molar-refractivity contribution < 1.29 is 17.6 Å². The fraction of sp³-hybridized carbons (Fsp3) is 0.318. The number of carbonyl (C=O) groups excluding carboxylic acids is 1. The van der Waals surface area contributed by atoms with Gasteiger partial charge in [0.05, 0.1) is 23.4 Å². The summed E-state index contributed by atoms with van der Waals surface area (Å²) >= 11 is 7.39. The van der Waals surface area contributed by atoms with Crippen LogP contribution in [0.4, 0.5) is 5.69 Å². The molecule has 1 atom stereocenters. The molecule has 11 heteroatoms. The lowest BCUT2D eigenvalue weighted by Crippen LogP contribution is -2.31. The Hall–Kier alpha value is -2.56. The zero-order valence-corrected chi connectivity index (χ0v) is 21.2. The van der Waals surface area contributed by atoms with Gasteiger partial charge in [-0.15, -0.1) is 0 Å². The van der Waals surface area contributed by atoms with Crippen molar-refractivity contribution in [3.63, 3.8) is 0 Å². The molecule has 33 heavy (non-hydrogen) atoms. The molecule has 1 amide bonds. The van der Waals surface area contributed by atoms with Crippen LogP contribution in [-0.2, 0) is 10.0 Å². The number of hydrogen-bond acceptors (Lipinski definition) is 8. The second kappa shape index (κ2) is 9.74. The van der Waals surface area contributed by atoms with Gasteiger partial charge in [0.2, 0.25) is 10.0 Å². The molecule has 0 saturated heterocycles. The van der Waals surface area contributed by atoms with Gasteiger partial charge < -0.3 is 9.73 Å². The Morgan fingerprint density at radius 2 is 1.97 bits per heavy atom. The average Bonchev–Trinajstić information content (AvgIpc) is 2.72. The molecule has 2 heterocycles. The van der Waals surface area contributed by atoms with Crippen LogP contribution in [0.1, 0.15) is 47.1 Å². The Morgan fingerprint density at radius 1 is 1.27 bits per heavy atom. The Balaban J connectivity index is 2.10. The van der Waals surface area contributed by atoms with E-state index in [2.05, 4.69) is 10.3 Å². The maximum atomic E-state index is 13.0. The predicted octanol–water partition coefficient (Wildman–Crippen LogP) is 4.43.